The Morgan fingerprint density at radius 3 is 2.67 bits per heavy atom. The van der Waals surface area contributed by atoms with Gasteiger partial charge in [0.1, 0.15) is 0 Å². The fourth-order valence-electron chi connectivity index (χ4n) is 2.04. The highest BCUT2D eigenvalue weighted by atomic mass is 15.4. The molecule has 0 atom stereocenters. The van der Waals surface area contributed by atoms with Gasteiger partial charge in [-0.05, 0) is 37.0 Å². The van der Waals surface area contributed by atoms with E-state index < -0.39 is 0 Å². The van der Waals surface area contributed by atoms with Gasteiger partial charge in [0.25, 0.3) is 0 Å². The summed E-state index contributed by atoms with van der Waals surface area (Å²) in [7, 11) is 0. The van der Waals surface area contributed by atoms with Gasteiger partial charge in [0.15, 0.2) is 5.82 Å². The molecule has 0 amide bonds. The average molecular weight is 244 g/mol. The number of hydrogen-bond donors (Lipinski definition) is 1. The van der Waals surface area contributed by atoms with Crippen molar-refractivity contribution in [1.29, 1.82) is 0 Å². The highest BCUT2D eigenvalue weighted by molar-refractivity contribution is 5.34. The first-order chi connectivity index (χ1) is 8.61. The quantitative estimate of drug-likeness (QED) is 0.899. The zero-order valence-electron chi connectivity index (χ0n) is 11.3. The monoisotopic (exact) mass is 244 g/mol. The molecule has 2 N–H and O–H groups in total. The largest absolute Gasteiger partial charge is 0.381 e. The van der Waals surface area contributed by atoms with Crippen molar-refractivity contribution in [2.24, 2.45) is 0 Å². The van der Waals surface area contributed by atoms with E-state index in [0.717, 1.165) is 25.1 Å². The van der Waals surface area contributed by atoms with E-state index in [1.54, 1.807) is 0 Å². The summed E-state index contributed by atoms with van der Waals surface area (Å²) in [6.45, 7) is 7.12. The van der Waals surface area contributed by atoms with Crippen LogP contribution in [0.3, 0.4) is 0 Å². The van der Waals surface area contributed by atoms with Crippen LogP contribution in [-0.4, -0.2) is 15.0 Å². The summed E-state index contributed by atoms with van der Waals surface area (Å²) in [5, 5.41) is 8.09. The highest BCUT2D eigenvalue weighted by Crippen LogP contribution is 2.15. The lowest BCUT2D eigenvalue weighted by atomic mass is 10.1. The summed E-state index contributed by atoms with van der Waals surface area (Å²) >= 11 is 0. The van der Waals surface area contributed by atoms with E-state index in [2.05, 4.69) is 49.3 Å². The third kappa shape index (κ3) is 2.53. The van der Waals surface area contributed by atoms with E-state index >= 15 is 0 Å². The summed E-state index contributed by atoms with van der Waals surface area (Å²) in [4.78, 5) is 0. The predicted molar refractivity (Wildman–Crippen MR) is 73.4 cm³/mol. The molecule has 4 nitrogen and oxygen atoms in total. The molecule has 2 rings (SSSR count). The van der Waals surface area contributed by atoms with Gasteiger partial charge in [-0.15, -0.1) is 5.10 Å². The minimum Gasteiger partial charge on any atom is -0.381 e. The molecule has 18 heavy (non-hydrogen) atoms. The SMILES string of the molecule is CCCc1c(N)nnn1Cc1ccc(C)c(C)c1. The van der Waals surface area contributed by atoms with Crippen LogP contribution in [0.2, 0.25) is 0 Å². The van der Waals surface area contributed by atoms with Crippen molar-refractivity contribution >= 4 is 5.82 Å². The van der Waals surface area contributed by atoms with Gasteiger partial charge >= 0.3 is 0 Å². The number of nitrogens with zero attached hydrogens (tertiary/aromatic N) is 3. The Kier molecular flexibility index (Phi) is 3.65. The first-order valence-corrected chi connectivity index (χ1v) is 6.35. The van der Waals surface area contributed by atoms with E-state index in [-0.39, 0.29) is 0 Å². The Bertz CT molecular complexity index is 543. The van der Waals surface area contributed by atoms with E-state index in [4.69, 9.17) is 5.73 Å². The smallest absolute Gasteiger partial charge is 0.169 e. The van der Waals surface area contributed by atoms with Crippen molar-refractivity contribution in [1.82, 2.24) is 15.0 Å². The number of anilines is 1. The third-order valence-electron chi connectivity index (χ3n) is 3.26. The molecule has 0 radical (unpaired) electrons. The van der Waals surface area contributed by atoms with E-state index in [0.29, 0.717) is 5.82 Å². The number of rotatable bonds is 4. The Balaban J connectivity index is 2.25. The van der Waals surface area contributed by atoms with Gasteiger partial charge in [0, 0.05) is 0 Å². The van der Waals surface area contributed by atoms with Crippen molar-refractivity contribution in [3.05, 3.63) is 40.6 Å². The van der Waals surface area contributed by atoms with E-state index in [1.807, 2.05) is 4.68 Å². The molecule has 0 unspecified atom stereocenters. The minimum atomic E-state index is 0.556. The number of hydrogen-bond acceptors (Lipinski definition) is 3. The summed E-state index contributed by atoms with van der Waals surface area (Å²) in [6.07, 6.45) is 1.97. The maximum absolute atomic E-state index is 5.84. The van der Waals surface area contributed by atoms with Crippen molar-refractivity contribution < 1.29 is 0 Å². The predicted octanol–water partition coefficient (Wildman–Crippen LogP) is 2.48. The van der Waals surface area contributed by atoms with Crippen LogP contribution in [-0.2, 0) is 13.0 Å². The lowest BCUT2D eigenvalue weighted by Crippen LogP contribution is -2.07. The first kappa shape index (κ1) is 12.6. The van der Waals surface area contributed by atoms with Crippen LogP contribution in [0, 0.1) is 13.8 Å². The zero-order valence-corrected chi connectivity index (χ0v) is 11.3. The molecule has 0 saturated carbocycles. The van der Waals surface area contributed by atoms with Crippen LogP contribution in [0.25, 0.3) is 0 Å². The Labute approximate surface area is 108 Å². The van der Waals surface area contributed by atoms with Gasteiger partial charge in [-0.1, -0.05) is 36.8 Å². The van der Waals surface area contributed by atoms with Gasteiger partial charge in [0.2, 0.25) is 0 Å². The first-order valence-electron chi connectivity index (χ1n) is 6.35. The molecular weight excluding hydrogens is 224 g/mol. The standard InChI is InChI=1S/C14H20N4/c1-4-5-13-14(15)16-17-18(13)9-12-7-6-10(2)11(3)8-12/h6-8H,4-5,9,15H2,1-3H3. The fourth-order valence-corrected chi connectivity index (χ4v) is 2.04. The molecule has 1 aromatic heterocycles. The molecule has 0 fully saturated rings. The lowest BCUT2D eigenvalue weighted by molar-refractivity contribution is 0.613. The van der Waals surface area contributed by atoms with Crippen LogP contribution in [0.4, 0.5) is 5.82 Å². The Hall–Kier alpha value is -1.84. The molecule has 1 heterocycles. The summed E-state index contributed by atoms with van der Waals surface area (Å²) in [5.41, 5.74) is 10.7. The Morgan fingerprint density at radius 2 is 2.00 bits per heavy atom. The fraction of sp³-hybridized carbons (Fsp3) is 0.429. The molecule has 96 valence electrons. The molecule has 0 saturated heterocycles. The molecule has 0 aliphatic heterocycles. The van der Waals surface area contributed by atoms with Gasteiger partial charge in [0.05, 0.1) is 12.2 Å². The zero-order chi connectivity index (χ0) is 13.1. The van der Waals surface area contributed by atoms with Crippen LogP contribution >= 0.6 is 0 Å². The molecule has 0 aliphatic rings. The maximum Gasteiger partial charge on any atom is 0.169 e. The number of aromatic nitrogens is 3. The van der Waals surface area contributed by atoms with Gasteiger partial charge in [-0.25, -0.2) is 4.68 Å². The van der Waals surface area contributed by atoms with Gasteiger partial charge in [-0.3, -0.25) is 0 Å². The molecule has 2 aromatic rings. The Morgan fingerprint density at radius 1 is 1.22 bits per heavy atom. The van der Waals surface area contributed by atoms with Crippen molar-refractivity contribution in [3.63, 3.8) is 0 Å². The van der Waals surface area contributed by atoms with Crippen molar-refractivity contribution in [2.75, 3.05) is 5.73 Å². The van der Waals surface area contributed by atoms with Gasteiger partial charge in [-0.2, -0.15) is 0 Å². The maximum atomic E-state index is 5.84. The van der Waals surface area contributed by atoms with Crippen LogP contribution in [0.15, 0.2) is 18.2 Å². The van der Waals surface area contributed by atoms with Crippen LogP contribution in [0.1, 0.15) is 35.7 Å². The molecule has 4 heteroatoms. The third-order valence-corrected chi connectivity index (χ3v) is 3.26. The number of nitrogen functional groups attached to an aromatic ring is 1. The van der Waals surface area contributed by atoms with Crippen molar-refractivity contribution in [2.45, 2.75) is 40.2 Å². The second-order valence-electron chi connectivity index (χ2n) is 4.75. The van der Waals surface area contributed by atoms with Crippen LogP contribution < -0.4 is 5.73 Å². The summed E-state index contributed by atoms with van der Waals surface area (Å²) in [5.74, 6) is 0.556. The lowest BCUT2D eigenvalue weighted by Gasteiger charge is -2.08. The topological polar surface area (TPSA) is 56.7 Å². The average Bonchev–Trinajstić information content (AvgIpc) is 2.67. The van der Waals surface area contributed by atoms with Crippen molar-refractivity contribution in [3.8, 4) is 0 Å². The molecule has 0 aliphatic carbocycles. The molecular formula is C14H20N4. The molecule has 0 bridgehead atoms. The normalized spacial score (nSPS) is 10.8. The summed E-state index contributed by atoms with van der Waals surface area (Å²) < 4.78 is 1.91. The van der Waals surface area contributed by atoms with Gasteiger partial charge < -0.3 is 5.73 Å². The number of nitrogens with two attached hydrogens (primary N) is 1. The molecule has 1 aromatic carbocycles. The second kappa shape index (κ2) is 5.21. The summed E-state index contributed by atoms with van der Waals surface area (Å²) in [6, 6.07) is 6.48. The van der Waals surface area contributed by atoms with E-state index in [9.17, 15) is 0 Å². The number of benzene rings is 1. The number of aryl methyl sites for hydroxylation is 2. The highest BCUT2D eigenvalue weighted by Gasteiger charge is 2.09. The van der Waals surface area contributed by atoms with E-state index in [1.165, 1.54) is 16.7 Å². The second-order valence-corrected chi connectivity index (χ2v) is 4.75. The van der Waals surface area contributed by atoms with Crippen LogP contribution in [0.5, 0.6) is 0 Å². The minimum absolute atomic E-state index is 0.556. The molecule has 0 spiro atoms.